The lowest BCUT2D eigenvalue weighted by atomic mass is 10.1. The summed E-state index contributed by atoms with van der Waals surface area (Å²) in [5.74, 6) is 0.549. The van der Waals surface area contributed by atoms with Crippen LogP contribution in [-0.2, 0) is 6.54 Å². The van der Waals surface area contributed by atoms with E-state index >= 15 is 0 Å². The van der Waals surface area contributed by atoms with E-state index in [1.54, 1.807) is 24.5 Å². The molecule has 0 fully saturated rings. The molecule has 0 radical (unpaired) electrons. The number of hydrogen-bond acceptors (Lipinski definition) is 3. The quantitative estimate of drug-likeness (QED) is 0.532. The van der Waals surface area contributed by atoms with Crippen LogP contribution in [0.2, 0.25) is 0 Å². The van der Waals surface area contributed by atoms with Gasteiger partial charge in [0.15, 0.2) is 5.65 Å². The fourth-order valence-electron chi connectivity index (χ4n) is 2.68. The minimum atomic E-state index is -0.290. The van der Waals surface area contributed by atoms with Gasteiger partial charge in [-0.1, -0.05) is 12.1 Å². The molecule has 0 saturated heterocycles. The molecule has 0 saturated carbocycles. The lowest BCUT2D eigenvalue weighted by Gasteiger charge is -2.12. The van der Waals surface area contributed by atoms with Crippen LogP contribution in [0.1, 0.15) is 5.56 Å². The monoisotopic (exact) mass is 396 g/mol. The fraction of sp³-hybridized carbons (Fsp3) is 0.0526. The van der Waals surface area contributed by atoms with E-state index in [9.17, 15) is 4.39 Å². The van der Waals surface area contributed by atoms with E-state index in [4.69, 9.17) is 0 Å². The van der Waals surface area contributed by atoms with Gasteiger partial charge in [-0.2, -0.15) is 0 Å². The average molecular weight is 397 g/mol. The van der Waals surface area contributed by atoms with Gasteiger partial charge >= 0.3 is 0 Å². The van der Waals surface area contributed by atoms with Crippen molar-refractivity contribution in [3.05, 3.63) is 83.0 Å². The van der Waals surface area contributed by atoms with E-state index in [2.05, 4.69) is 31.2 Å². The Morgan fingerprint density at radius 1 is 1.08 bits per heavy atom. The average Bonchev–Trinajstić information content (AvgIpc) is 3.02. The van der Waals surface area contributed by atoms with Crippen LogP contribution < -0.4 is 5.32 Å². The van der Waals surface area contributed by atoms with Crippen molar-refractivity contribution < 1.29 is 4.39 Å². The van der Waals surface area contributed by atoms with Gasteiger partial charge in [-0.25, -0.2) is 9.37 Å². The number of rotatable bonds is 4. The second-order valence-electron chi connectivity index (χ2n) is 5.57. The Labute approximate surface area is 152 Å². The van der Waals surface area contributed by atoms with Crippen LogP contribution in [0.4, 0.5) is 10.2 Å². The highest BCUT2D eigenvalue weighted by molar-refractivity contribution is 9.10. The molecule has 6 heteroatoms. The van der Waals surface area contributed by atoms with Gasteiger partial charge in [-0.3, -0.25) is 9.38 Å². The number of halogens is 2. The van der Waals surface area contributed by atoms with Crippen LogP contribution in [0.15, 0.2) is 71.6 Å². The highest BCUT2D eigenvalue weighted by Crippen LogP contribution is 2.28. The number of aromatic nitrogens is 3. The van der Waals surface area contributed by atoms with Gasteiger partial charge in [-0.15, -0.1) is 0 Å². The summed E-state index contributed by atoms with van der Waals surface area (Å²) < 4.78 is 17.0. The molecule has 4 aromatic rings. The van der Waals surface area contributed by atoms with E-state index < -0.39 is 0 Å². The Kier molecular flexibility index (Phi) is 4.19. The predicted octanol–water partition coefficient (Wildman–Crippen LogP) is 4.91. The topological polar surface area (TPSA) is 42.2 Å². The van der Waals surface area contributed by atoms with Crippen molar-refractivity contribution in [2.75, 3.05) is 5.32 Å². The summed E-state index contributed by atoms with van der Waals surface area (Å²) in [6, 6.07) is 14.3. The standard InChI is InChI=1S/C19H14BrFN4/c20-15-7-10-25-18(23-12-13-5-8-22-9-6-13)11-17(24-19(15)25)14-3-1-2-4-16(14)21/h1-11,23H,12H2. The van der Waals surface area contributed by atoms with Gasteiger partial charge in [0.25, 0.3) is 0 Å². The van der Waals surface area contributed by atoms with Crippen LogP contribution in [0, 0.1) is 5.82 Å². The van der Waals surface area contributed by atoms with Crippen molar-refractivity contribution in [1.82, 2.24) is 14.4 Å². The van der Waals surface area contributed by atoms with Crippen molar-refractivity contribution in [2.45, 2.75) is 6.54 Å². The molecule has 0 spiro atoms. The third kappa shape index (κ3) is 3.13. The first-order chi connectivity index (χ1) is 12.2. The number of nitrogens with zero attached hydrogens (tertiary/aromatic N) is 3. The van der Waals surface area contributed by atoms with Crippen LogP contribution in [0.25, 0.3) is 16.9 Å². The molecule has 0 aliphatic carbocycles. The molecule has 0 bridgehead atoms. The Balaban J connectivity index is 1.78. The van der Waals surface area contributed by atoms with Gasteiger partial charge in [0, 0.05) is 36.8 Å². The minimum Gasteiger partial charge on any atom is -0.367 e. The molecular weight excluding hydrogens is 383 g/mol. The lowest BCUT2D eigenvalue weighted by molar-refractivity contribution is 0.631. The number of pyridine rings is 1. The summed E-state index contributed by atoms with van der Waals surface area (Å²) in [6.45, 7) is 0.633. The zero-order valence-electron chi connectivity index (χ0n) is 13.2. The summed E-state index contributed by atoms with van der Waals surface area (Å²) in [5.41, 5.74) is 2.91. The normalized spacial score (nSPS) is 11.0. The molecule has 1 N–H and O–H groups in total. The second kappa shape index (κ2) is 6.64. The first kappa shape index (κ1) is 15.8. The predicted molar refractivity (Wildman–Crippen MR) is 99.8 cm³/mol. The summed E-state index contributed by atoms with van der Waals surface area (Å²) in [5, 5.41) is 3.40. The third-order valence-electron chi connectivity index (χ3n) is 3.94. The number of benzene rings is 1. The smallest absolute Gasteiger partial charge is 0.153 e. The van der Waals surface area contributed by atoms with E-state index in [-0.39, 0.29) is 5.82 Å². The molecule has 0 aliphatic heterocycles. The Morgan fingerprint density at radius 3 is 2.68 bits per heavy atom. The van der Waals surface area contributed by atoms with Gasteiger partial charge in [0.05, 0.1) is 10.2 Å². The van der Waals surface area contributed by atoms with Crippen molar-refractivity contribution in [3.8, 4) is 11.3 Å². The fourth-order valence-corrected chi connectivity index (χ4v) is 3.08. The maximum Gasteiger partial charge on any atom is 0.153 e. The van der Waals surface area contributed by atoms with Crippen LogP contribution >= 0.6 is 15.9 Å². The second-order valence-corrected chi connectivity index (χ2v) is 6.43. The Bertz CT molecular complexity index is 1030. The van der Waals surface area contributed by atoms with Crippen molar-refractivity contribution >= 4 is 27.4 Å². The zero-order chi connectivity index (χ0) is 17.2. The van der Waals surface area contributed by atoms with Gasteiger partial charge in [0.1, 0.15) is 11.6 Å². The maximum absolute atomic E-state index is 14.2. The molecule has 0 unspecified atom stereocenters. The Hall–Kier alpha value is -2.73. The van der Waals surface area contributed by atoms with Gasteiger partial charge in [0.2, 0.25) is 0 Å². The molecule has 124 valence electrons. The highest BCUT2D eigenvalue weighted by Gasteiger charge is 2.12. The number of nitrogens with one attached hydrogen (secondary N) is 1. The van der Waals surface area contributed by atoms with Gasteiger partial charge in [-0.05, 0) is 51.8 Å². The largest absolute Gasteiger partial charge is 0.367 e. The summed E-state index contributed by atoms with van der Waals surface area (Å²) >= 11 is 3.51. The molecule has 1 aromatic carbocycles. The van der Waals surface area contributed by atoms with Gasteiger partial charge < -0.3 is 5.32 Å². The van der Waals surface area contributed by atoms with Crippen LogP contribution in [-0.4, -0.2) is 14.4 Å². The van der Waals surface area contributed by atoms with Crippen molar-refractivity contribution in [1.29, 1.82) is 0 Å². The minimum absolute atomic E-state index is 0.290. The molecule has 0 aliphatic rings. The first-order valence-corrected chi connectivity index (χ1v) is 8.57. The summed E-state index contributed by atoms with van der Waals surface area (Å²) in [4.78, 5) is 8.63. The van der Waals surface area contributed by atoms with Crippen LogP contribution in [0.3, 0.4) is 0 Å². The maximum atomic E-state index is 14.2. The van der Waals surface area contributed by atoms with E-state index in [1.165, 1.54) is 6.07 Å². The molecule has 25 heavy (non-hydrogen) atoms. The van der Waals surface area contributed by atoms with E-state index in [0.717, 1.165) is 21.5 Å². The molecule has 4 rings (SSSR count). The summed E-state index contributed by atoms with van der Waals surface area (Å²) in [6.07, 6.45) is 5.44. The highest BCUT2D eigenvalue weighted by atomic mass is 79.9. The molecule has 3 aromatic heterocycles. The lowest BCUT2D eigenvalue weighted by Crippen LogP contribution is -2.05. The first-order valence-electron chi connectivity index (χ1n) is 7.77. The summed E-state index contributed by atoms with van der Waals surface area (Å²) in [7, 11) is 0. The molecular formula is C19H14BrFN4. The van der Waals surface area contributed by atoms with E-state index in [1.807, 2.05) is 40.9 Å². The number of anilines is 1. The third-order valence-corrected chi connectivity index (χ3v) is 4.56. The number of hydrogen-bond donors (Lipinski definition) is 1. The molecule has 3 heterocycles. The van der Waals surface area contributed by atoms with Crippen molar-refractivity contribution in [3.63, 3.8) is 0 Å². The Morgan fingerprint density at radius 2 is 1.88 bits per heavy atom. The SMILES string of the molecule is Fc1ccccc1-c1cc(NCc2ccncc2)n2ccc(Br)c2n1. The molecule has 0 atom stereocenters. The zero-order valence-corrected chi connectivity index (χ0v) is 14.7. The molecule has 4 nitrogen and oxygen atoms in total. The van der Waals surface area contributed by atoms with Crippen molar-refractivity contribution in [2.24, 2.45) is 0 Å². The number of fused-ring (bicyclic) bond motifs is 1. The molecule has 0 amide bonds. The van der Waals surface area contributed by atoms with Crippen LogP contribution in [0.5, 0.6) is 0 Å². The van der Waals surface area contributed by atoms with E-state index in [0.29, 0.717) is 17.8 Å².